The van der Waals surface area contributed by atoms with E-state index in [1.807, 2.05) is 0 Å². The van der Waals surface area contributed by atoms with Gasteiger partial charge in [-0.2, -0.15) is 0 Å². The van der Waals surface area contributed by atoms with Crippen LogP contribution in [0, 0.1) is 0 Å². The van der Waals surface area contributed by atoms with Crippen molar-refractivity contribution in [3.8, 4) is 0 Å². The zero-order chi connectivity index (χ0) is 7.98. The van der Waals surface area contributed by atoms with Crippen LogP contribution in [-0.2, 0) is 8.85 Å². The Bertz CT molecular complexity index is 80.0. The largest absolute Gasteiger partial charge is 0.575 e. The van der Waals surface area contributed by atoms with E-state index in [4.69, 9.17) is 18.8 Å². The molecule has 0 spiro atoms. The third kappa shape index (κ3) is 4.89. The highest BCUT2D eigenvalue weighted by atomic mass is 28.3. The maximum Gasteiger partial charge on any atom is 0.575 e. The highest BCUT2D eigenvalue weighted by Crippen LogP contribution is 1.92. The molecule has 0 aliphatic rings. The van der Waals surface area contributed by atoms with Gasteiger partial charge < -0.3 is 18.8 Å². The maximum absolute atomic E-state index is 8.90. The molecule has 0 rings (SSSR count). The minimum absolute atomic E-state index is 0.0954. The van der Waals surface area contributed by atoms with Gasteiger partial charge in [0.2, 0.25) is 0 Å². The fraction of sp³-hybridized carbons (Fsp3) is 1.00. The summed E-state index contributed by atoms with van der Waals surface area (Å²) in [6.45, 7) is 3.78. The highest BCUT2D eigenvalue weighted by Gasteiger charge is 2.15. The Kier molecular flexibility index (Phi) is 5.85. The second-order valence-electron chi connectivity index (χ2n) is 1.81. The molecule has 0 aliphatic carbocycles. The van der Waals surface area contributed by atoms with Gasteiger partial charge in [-0.1, -0.05) is 0 Å². The Labute approximate surface area is 62.4 Å². The lowest BCUT2D eigenvalue weighted by atomic mass is 10.5. The number of hydrogen-bond donors (Lipinski definition) is 2. The molecule has 0 aromatic rings. The fourth-order valence-corrected chi connectivity index (χ4v) is 1.10. The van der Waals surface area contributed by atoms with Gasteiger partial charge in [-0.15, -0.1) is 0 Å². The van der Waals surface area contributed by atoms with Crippen LogP contribution < -0.4 is 0 Å². The molecule has 1 radical (unpaired) electrons. The third-order valence-corrected chi connectivity index (χ3v) is 1.97. The van der Waals surface area contributed by atoms with Crippen LogP contribution in [0.15, 0.2) is 0 Å². The molecule has 0 heterocycles. The van der Waals surface area contributed by atoms with E-state index in [1.165, 1.54) is 0 Å². The summed E-state index contributed by atoms with van der Waals surface area (Å²) < 4.78 is 9.56. The normalized spacial score (nSPS) is 14.1. The van der Waals surface area contributed by atoms with Crippen molar-refractivity contribution in [2.24, 2.45) is 0 Å². The average molecular weight is 165 g/mol. The predicted octanol–water partition coefficient (Wildman–Crippen LogP) is -0.602. The van der Waals surface area contributed by atoms with Gasteiger partial charge in [0.1, 0.15) is 0 Å². The van der Waals surface area contributed by atoms with Gasteiger partial charge in [-0.3, -0.25) is 0 Å². The fourth-order valence-electron chi connectivity index (χ4n) is 0.367. The number of aliphatic hydroxyl groups is 1. The van der Waals surface area contributed by atoms with E-state index < -0.39 is 9.53 Å². The summed E-state index contributed by atoms with van der Waals surface area (Å²) in [7, 11) is -2.11. The molecule has 4 nitrogen and oxygen atoms in total. The Hall–Kier alpha value is 0.0569. The molecule has 0 amide bonds. The van der Waals surface area contributed by atoms with E-state index in [-0.39, 0.29) is 12.7 Å². The molecule has 0 bridgehead atoms. The summed E-state index contributed by atoms with van der Waals surface area (Å²) in [5.74, 6) is 0. The summed E-state index contributed by atoms with van der Waals surface area (Å²) >= 11 is 0. The first-order chi connectivity index (χ1) is 4.70. The van der Waals surface area contributed by atoms with Crippen LogP contribution in [0.25, 0.3) is 0 Å². The summed E-state index contributed by atoms with van der Waals surface area (Å²) in [5.41, 5.74) is 0. The lowest BCUT2D eigenvalue weighted by Gasteiger charge is -2.11. The van der Waals surface area contributed by atoms with E-state index in [0.29, 0.717) is 6.61 Å². The molecule has 5 heteroatoms. The van der Waals surface area contributed by atoms with Crippen LogP contribution in [0.3, 0.4) is 0 Å². The smallest absolute Gasteiger partial charge is 0.394 e. The Balaban J connectivity index is 3.27. The van der Waals surface area contributed by atoms with Crippen molar-refractivity contribution in [3.05, 3.63) is 0 Å². The van der Waals surface area contributed by atoms with Crippen molar-refractivity contribution in [3.63, 3.8) is 0 Å². The Morgan fingerprint density at radius 2 is 2.20 bits per heavy atom. The van der Waals surface area contributed by atoms with E-state index in [1.54, 1.807) is 13.8 Å². The summed E-state index contributed by atoms with van der Waals surface area (Å²) in [4.78, 5) is 8.90. The molecule has 0 fully saturated rings. The topological polar surface area (TPSA) is 58.9 Å². The van der Waals surface area contributed by atoms with Gasteiger partial charge in [-0.25, -0.2) is 0 Å². The van der Waals surface area contributed by atoms with E-state index in [0.717, 1.165) is 0 Å². The molecule has 0 aliphatic heterocycles. The molecule has 1 unspecified atom stereocenters. The van der Waals surface area contributed by atoms with Crippen LogP contribution >= 0.6 is 0 Å². The second kappa shape index (κ2) is 5.81. The third-order valence-electron chi connectivity index (χ3n) is 0.827. The van der Waals surface area contributed by atoms with Gasteiger partial charge in [0.15, 0.2) is 0 Å². The van der Waals surface area contributed by atoms with Gasteiger partial charge in [0.05, 0.1) is 12.7 Å². The van der Waals surface area contributed by atoms with Gasteiger partial charge in [0.25, 0.3) is 0 Å². The first-order valence-corrected chi connectivity index (χ1v) is 4.43. The Morgan fingerprint density at radius 3 is 2.60 bits per heavy atom. The highest BCUT2D eigenvalue weighted by molar-refractivity contribution is 6.34. The average Bonchev–Trinajstić information content (AvgIpc) is 1.88. The predicted molar refractivity (Wildman–Crippen MR) is 37.2 cm³/mol. The van der Waals surface area contributed by atoms with E-state index in [9.17, 15) is 0 Å². The lowest BCUT2D eigenvalue weighted by Crippen LogP contribution is -2.29. The lowest BCUT2D eigenvalue weighted by molar-refractivity contribution is 0.0618. The van der Waals surface area contributed by atoms with Crippen LogP contribution in [0.2, 0.25) is 0 Å². The quantitative estimate of drug-likeness (QED) is 0.534. The van der Waals surface area contributed by atoms with Crippen molar-refractivity contribution in [1.82, 2.24) is 0 Å². The zero-order valence-electron chi connectivity index (χ0n) is 6.20. The molecule has 0 saturated heterocycles. The number of hydrogen-bond acceptors (Lipinski definition) is 4. The van der Waals surface area contributed by atoms with Crippen LogP contribution in [-0.4, -0.2) is 38.7 Å². The first kappa shape index (κ1) is 10.1. The van der Waals surface area contributed by atoms with Gasteiger partial charge in [0, 0.05) is 6.61 Å². The van der Waals surface area contributed by atoms with Crippen LogP contribution in [0.4, 0.5) is 0 Å². The Morgan fingerprint density at radius 1 is 1.60 bits per heavy atom. The van der Waals surface area contributed by atoms with E-state index >= 15 is 0 Å². The molecular formula is C5H13O4Si. The van der Waals surface area contributed by atoms with Gasteiger partial charge >= 0.3 is 9.53 Å². The standard InChI is InChI=1S/C5H13O4Si/c1-3-8-10(7)9-5(2)4-6/h5-7H,3-4H2,1-2H3. The van der Waals surface area contributed by atoms with Crippen molar-refractivity contribution >= 4 is 9.53 Å². The molecule has 10 heavy (non-hydrogen) atoms. The molecule has 1 atom stereocenters. The van der Waals surface area contributed by atoms with Crippen LogP contribution in [0.1, 0.15) is 13.8 Å². The molecule has 61 valence electrons. The maximum atomic E-state index is 8.90. The summed E-state index contributed by atoms with van der Waals surface area (Å²) in [6, 6.07) is 0. The summed E-state index contributed by atoms with van der Waals surface area (Å²) in [5, 5.41) is 8.48. The van der Waals surface area contributed by atoms with Crippen molar-refractivity contribution in [2.75, 3.05) is 13.2 Å². The first-order valence-electron chi connectivity index (χ1n) is 3.17. The zero-order valence-corrected chi connectivity index (χ0v) is 7.20. The monoisotopic (exact) mass is 165 g/mol. The molecule has 0 aromatic heterocycles. The molecular weight excluding hydrogens is 152 g/mol. The van der Waals surface area contributed by atoms with Crippen molar-refractivity contribution in [1.29, 1.82) is 0 Å². The second-order valence-corrected chi connectivity index (χ2v) is 2.87. The molecule has 0 saturated carbocycles. The minimum atomic E-state index is -2.11. The number of aliphatic hydroxyl groups excluding tert-OH is 1. The number of rotatable bonds is 5. The SMILES string of the molecule is CCO[Si](O)OC(C)CO. The van der Waals surface area contributed by atoms with E-state index in [2.05, 4.69) is 0 Å². The molecule has 0 aromatic carbocycles. The van der Waals surface area contributed by atoms with Crippen molar-refractivity contribution < 1.29 is 18.8 Å². The van der Waals surface area contributed by atoms with Crippen molar-refractivity contribution in [2.45, 2.75) is 20.0 Å². The van der Waals surface area contributed by atoms with Crippen LogP contribution in [0.5, 0.6) is 0 Å². The van der Waals surface area contributed by atoms with Gasteiger partial charge in [-0.05, 0) is 13.8 Å². The minimum Gasteiger partial charge on any atom is -0.394 e. The molecule has 2 N–H and O–H groups in total. The summed E-state index contributed by atoms with van der Waals surface area (Å²) in [6.07, 6.45) is -0.342.